The molecule has 2 rings (SSSR count). The van der Waals surface area contributed by atoms with E-state index in [1.165, 1.54) is 6.42 Å². The van der Waals surface area contributed by atoms with Crippen LogP contribution in [0.1, 0.15) is 24.5 Å². The molecule has 0 spiro atoms. The number of nitrogens with two attached hydrogens (primary N) is 1. The summed E-state index contributed by atoms with van der Waals surface area (Å²) in [5.41, 5.74) is 5.44. The molecule has 15 heavy (non-hydrogen) atoms. The van der Waals surface area contributed by atoms with Gasteiger partial charge >= 0.3 is 0 Å². The van der Waals surface area contributed by atoms with E-state index in [9.17, 15) is 0 Å². The zero-order valence-corrected chi connectivity index (χ0v) is 9.04. The van der Waals surface area contributed by atoms with Crippen LogP contribution in [0.15, 0.2) is 10.6 Å². The average Bonchev–Trinajstić information content (AvgIpc) is 2.87. The van der Waals surface area contributed by atoms with Gasteiger partial charge in [-0.2, -0.15) is 0 Å². The first-order chi connectivity index (χ1) is 7.38. The van der Waals surface area contributed by atoms with Crippen molar-refractivity contribution in [2.75, 3.05) is 19.6 Å². The predicted octanol–water partition coefficient (Wildman–Crippen LogP) is 0.718. The van der Waals surface area contributed by atoms with Gasteiger partial charge in [0.05, 0.1) is 6.20 Å². The van der Waals surface area contributed by atoms with Gasteiger partial charge in [0, 0.05) is 12.8 Å². The highest BCUT2D eigenvalue weighted by Crippen LogP contribution is 2.15. The molecule has 2 heterocycles. The number of hydrogen-bond acceptors (Lipinski definition) is 4. The van der Waals surface area contributed by atoms with Crippen LogP contribution in [0.4, 0.5) is 0 Å². The highest BCUT2D eigenvalue weighted by molar-refractivity contribution is 4.96. The zero-order chi connectivity index (χ0) is 10.5. The molecule has 1 saturated heterocycles. The van der Waals surface area contributed by atoms with Gasteiger partial charge in [-0.1, -0.05) is 0 Å². The summed E-state index contributed by atoms with van der Waals surface area (Å²) in [6.45, 7) is 2.94. The molecule has 0 amide bonds. The first kappa shape index (κ1) is 10.6. The molecule has 0 bridgehead atoms. The van der Waals surface area contributed by atoms with Crippen LogP contribution in [0.3, 0.4) is 0 Å². The van der Waals surface area contributed by atoms with Crippen LogP contribution >= 0.6 is 0 Å². The number of nitrogens with one attached hydrogen (secondary N) is 1. The number of rotatable bonds is 5. The molecule has 1 unspecified atom stereocenters. The Labute approximate surface area is 90.2 Å². The van der Waals surface area contributed by atoms with E-state index in [2.05, 4.69) is 10.3 Å². The van der Waals surface area contributed by atoms with Gasteiger partial charge in [-0.05, 0) is 38.4 Å². The molecule has 0 aromatic carbocycles. The lowest BCUT2D eigenvalue weighted by Crippen LogP contribution is -2.10. The second kappa shape index (κ2) is 5.28. The van der Waals surface area contributed by atoms with Gasteiger partial charge in [-0.15, -0.1) is 0 Å². The van der Waals surface area contributed by atoms with Crippen LogP contribution in [0.25, 0.3) is 0 Å². The highest BCUT2D eigenvalue weighted by Gasteiger charge is 2.17. The molecule has 1 aliphatic rings. The van der Waals surface area contributed by atoms with E-state index in [0.717, 1.165) is 44.0 Å². The Kier molecular flexibility index (Phi) is 3.75. The second-order valence-electron chi connectivity index (χ2n) is 4.18. The molecule has 1 aromatic heterocycles. The van der Waals surface area contributed by atoms with Gasteiger partial charge in [0.15, 0.2) is 5.89 Å². The third-order valence-electron chi connectivity index (χ3n) is 2.85. The molecular formula is C11H19N3O. The Bertz CT molecular complexity index is 292. The maximum Gasteiger partial charge on any atom is 0.194 e. The lowest BCUT2D eigenvalue weighted by molar-refractivity contribution is 0.415. The van der Waals surface area contributed by atoms with Gasteiger partial charge < -0.3 is 15.5 Å². The van der Waals surface area contributed by atoms with Crippen molar-refractivity contribution in [3.8, 4) is 0 Å². The van der Waals surface area contributed by atoms with Gasteiger partial charge in [-0.25, -0.2) is 4.98 Å². The summed E-state index contributed by atoms with van der Waals surface area (Å²) in [6, 6.07) is 0. The second-order valence-corrected chi connectivity index (χ2v) is 4.18. The standard InChI is InChI=1S/C11H19N3O/c12-4-1-2-10-8-14-11(15-10)6-9-3-5-13-7-9/h8-9,13H,1-7,12H2. The maximum atomic E-state index is 5.65. The fourth-order valence-electron chi connectivity index (χ4n) is 1.97. The van der Waals surface area contributed by atoms with E-state index in [0.29, 0.717) is 12.5 Å². The van der Waals surface area contributed by atoms with Crippen LogP contribution in [0.2, 0.25) is 0 Å². The van der Waals surface area contributed by atoms with Crippen molar-refractivity contribution < 1.29 is 4.42 Å². The first-order valence-electron chi connectivity index (χ1n) is 5.73. The summed E-state index contributed by atoms with van der Waals surface area (Å²) in [5, 5.41) is 3.35. The Balaban J connectivity index is 1.83. The predicted molar refractivity (Wildman–Crippen MR) is 58.6 cm³/mol. The fraction of sp³-hybridized carbons (Fsp3) is 0.727. The normalized spacial score (nSPS) is 21.0. The Morgan fingerprint density at radius 2 is 2.53 bits per heavy atom. The van der Waals surface area contributed by atoms with E-state index in [4.69, 9.17) is 10.2 Å². The van der Waals surface area contributed by atoms with Crippen molar-refractivity contribution >= 4 is 0 Å². The molecule has 0 saturated carbocycles. The minimum Gasteiger partial charge on any atom is -0.446 e. The number of aromatic nitrogens is 1. The van der Waals surface area contributed by atoms with Crippen LogP contribution < -0.4 is 11.1 Å². The molecule has 4 nitrogen and oxygen atoms in total. The number of oxazole rings is 1. The minimum atomic E-state index is 0.700. The van der Waals surface area contributed by atoms with Crippen molar-refractivity contribution in [1.82, 2.24) is 10.3 Å². The van der Waals surface area contributed by atoms with E-state index in [1.807, 2.05) is 6.20 Å². The van der Waals surface area contributed by atoms with E-state index in [1.54, 1.807) is 0 Å². The van der Waals surface area contributed by atoms with E-state index < -0.39 is 0 Å². The number of hydrogen-bond donors (Lipinski definition) is 2. The molecule has 84 valence electrons. The summed E-state index contributed by atoms with van der Waals surface area (Å²) in [6.07, 6.45) is 5.93. The van der Waals surface area contributed by atoms with Crippen molar-refractivity contribution in [2.24, 2.45) is 11.7 Å². The van der Waals surface area contributed by atoms with Crippen LogP contribution in [0, 0.1) is 5.92 Å². The molecule has 0 aliphatic carbocycles. The molecule has 1 aromatic rings. The lowest BCUT2D eigenvalue weighted by Gasteiger charge is -2.03. The van der Waals surface area contributed by atoms with Gasteiger partial charge in [0.1, 0.15) is 5.76 Å². The highest BCUT2D eigenvalue weighted by atomic mass is 16.4. The topological polar surface area (TPSA) is 64.1 Å². The van der Waals surface area contributed by atoms with Crippen LogP contribution in [0.5, 0.6) is 0 Å². The summed E-state index contributed by atoms with van der Waals surface area (Å²) in [5.74, 6) is 2.56. The van der Waals surface area contributed by atoms with Gasteiger partial charge in [-0.3, -0.25) is 0 Å². The summed E-state index contributed by atoms with van der Waals surface area (Å²) in [7, 11) is 0. The molecular weight excluding hydrogens is 190 g/mol. The van der Waals surface area contributed by atoms with Crippen molar-refractivity contribution in [2.45, 2.75) is 25.7 Å². The van der Waals surface area contributed by atoms with E-state index in [-0.39, 0.29) is 0 Å². The molecule has 1 fully saturated rings. The Morgan fingerprint density at radius 3 is 3.27 bits per heavy atom. The number of aryl methyl sites for hydroxylation is 1. The Morgan fingerprint density at radius 1 is 1.60 bits per heavy atom. The third kappa shape index (κ3) is 3.04. The van der Waals surface area contributed by atoms with E-state index >= 15 is 0 Å². The SMILES string of the molecule is NCCCc1cnc(CC2CCNC2)o1. The van der Waals surface area contributed by atoms with Crippen molar-refractivity contribution in [1.29, 1.82) is 0 Å². The fourth-order valence-corrected chi connectivity index (χ4v) is 1.97. The summed E-state index contributed by atoms with van der Waals surface area (Å²) >= 11 is 0. The van der Waals surface area contributed by atoms with Gasteiger partial charge in [0.25, 0.3) is 0 Å². The zero-order valence-electron chi connectivity index (χ0n) is 9.04. The third-order valence-corrected chi connectivity index (χ3v) is 2.85. The lowest BCUT2D eigenvalue weighted by atomic mass is 10.1. The summed E-state index contributed by atoms with van der Waals surface area (Å²) in [4.78, 5) is 4.30. The summed E-state index contributed by atoms with van der Waals surface area (Å²) < 4.78 is 5.65. The smallest absolute Gasteiger partial charge is 0.194 e. The average molecular weight is 209 g/mol. The molecule has 0 radical (unpaired) electrons. The molecule has 1 aliphatic heterocycles. The van der Waals surface area contributed by atoms with Gasteiger partial charge in [0.2, 0.25) is 0 Å². The largest absolute Gasteiger partial charge is 0.446 e. The first-order valence-corrected chi connectivity index (χ1v) is 5.73. The molecule has 3 N–H and O–H groups in total. The maximum absolute atomic E-state index is 5.65. The van der Waals surface area contributed by atoms with Crippen LogP contribution in [-0.4, -0.2) is 24.6 Å². The monoisotopic (exact) mass is 209 g/mol. The minimum absolute atomic E-state index is 0.700. The Hall–Kier alpha value is -0.870. The van der Waals surface area contributed by atoms with Crippen molar-refractivity contribution in [3.05, 3.63) is 17.8 Å². The molecule has 1 atom stereocenters. The van der Waals surface area contributed by atoms with Crippen molar-refractivity contribution in [3.63, 3.8) is 0 Å². The number of nitrogens with zero attached hydrogens (tertiary/aromatic N) is 1. The van der Waals surface area contributed by atoms with Crippen LogP contribution in [-0.2, 0) is 12.8 Å². The quantitative estimate of drug-likeness (QED) is 0.750. The molecule has 4 heteroatoms.